The fourth-order valence-corrected chi connectivity index (χ4v) is 1.80. The molecule has 1 atom stereocenters. The first-order valence-corrected chi connectivity index (χ1v) is 6.21. The molecule has 5 nitrogen and oxygen atoms in total. The third kappa shape index (κ3) is 4.07. The van der Waals surface area contributed by atoms with E-state index in [1.807, 2.05) is 30.3 Å². The predicted octanol–water partition coefficient (Wildman–Crippen LogP) is 2.58. The molecule has 0 amide bonds. The molecular weight excluding hydrogens is 258 g/mol. The second kappa shape index (κ2) is 6.68. The smallest absolute Gasteiger partial charge is 0.233 e. The van der Waals surface area contributed by atoms with E-state index in [9.17, 15) is 15.2 Å². The summed E-state index contributed by atoms with van der Waals surface area (Å²) in [5, 5.41) is 20.1. The fraction of sp³-hybridized carbons (Fsp3) is 0.200. The summed E-state index contributed by atoms with van der Waals surface area (Å²) in [7, 11) is 0. The van der Waals surface area contributed by atoms with Gasteiger partial charge >= 0.3 is 0 Å². The number of ether oxygens (including phenoxy) is 1. The number of rotatable bonds is 6. The minimum Gasteiger partial charge on any atom is -0.489 e. The molecule has 0 fully saturated rings. The van der Waals surface area contributed by atoms with E-state index in [1.54, 1.807) is 24.3 Å². The normalized spacial score (nSPS) is 11.8. The number of nitro groups is 1. The summed E-state index contributed by atoms with van der Waals surface area (Å²) in [6, 6.07) is 16.4. The lowest BCUT2D eigenvalue weighted by Crippen LogP contribution is -2.11. The maximum atomic E-state index is 10.4. The molecule has 0 radical (unpaired) electrons. The molecule has 0 aliphatic carbocycles. The Morgan fingerprint density at radius 1 is 1.15 bits per heavy atom. The molecule has 2 aromatic rings. The molecule has 0 spiro atoms. The molecule has 1 N–H and O–H groups in total. The molecule has 104 valence electrons. The summed E-state index contributed by atoms with van der Waals surface area (Å²) in [5.74, 6) is 0.578. The molecule has 0 aliphatic heterocycles. The lowest BCUT2D eigenvalue weighted by molar-refractivity contribution is -0.491. The molecule has 0 saturated carbocycles. The quantitative estimate of drug-likeness (QED) is 0.648. The second-order valence-electron chi connectivity index (χ2n) is 4.38. The van der Waals surface area contributed by atoms with Crippen LogP contribution in [-0.2, 0) is 6.61 Å². The van der Waals surface area contributed by atoms with E-state index in [-0.39, 0.29) is 0 Å². The lowest BCUT2D eigenvalue weighted by atomic mass is 10.1. The van der Waals surface area contributed by atoms with Crippen molar-refractivity contribution < 1.29 is 14.8 Å². The van der Waals surface area contributed by atoms with E-state index < -0.39 is 17.6 Å². The Kier molecular flexibility index (Phi) is 4.68. The Hall–Kier alpha value is -2.40. The van der Waals surface area contributed by atoms with Gasteiger partial charge in [0.2, 0.25) is 6.54 Å². The van der Waals surface area contributed by atoms with Crippen LogP contribution in [0.15, 0.2) is 54.6 Å². The zero-order valence-corrected chi connectivity index (χ0v) is 10.8. The van der Waals surface area contributed by atoms with Crippen LogP contribution in [0.25, 0.3) is 0 Å². The number of benzene rings is 2. The zero-order chi connectivity index (χ0) is 14.4. The van der Waals surface area contributed by atoms with Crippen LogP contribution < -0.4 is 4.74 Å². The number of hydrogen-bond acceptors (Lipinski definition) is 4. The zero-order valence-electron chi connectivity index (χ0n) is 10.8. The van der Waals surface area contributed by atoms with E-state index in [2.05, 4.69) is 0 Å². The minimum absolute atomic E-state index is 0.412. The molecule has 2 rings (SSSR count). The number of aliphatic hydroxyl groups excluding tert-OH is 1. The molecule has 0 saturated heterocycles. The first-order valence-electron chi connectivity index (χ1n) is 6.21. The summed E-state index contributed by atoms with van der Waals surface area (Å²) in [4.78, 5) is 9.85. The number of aliphatic hydroxyl groups is 1. The van der Waals surface area contributed by atoms with Crippen LogP contribution in [0.4, 0.5) is 0 Å². The van der Waals surface area contributed by atoms with E-state index in [4.69, 9.17) is 4.74 Å². The van der Waals surface area contributed by atoms with Crippen molar-refractivity contribution in [2.45, 2.75) is 12.7 Å². The van der Waals surface area contributed by atoms with E-state index in [0.717, 1.165) is 5.56 Å². The Morgan fingerprint density at radius 2 is 1.90 bits per heavy atom. The predicted molar refractivity (Wildman–Crippen MR) is 74.0 cm³/mol. The van der Waals surface area contributed by atoms with Crippen LogP contribution in [0.1, 0.15) is 17.2 Å². The van der Waals surface area contributed by atoms with Crippen molar-refractivity contribution >= 4 is 0 Å². The van der Waals surface area contributed by atoms with Crippen molar-refractivity contribution in [3.05, 3.63) is 75.8 Å². The topological polar surface area (TPSA) is 72.6 Å². The average molecular weight is 273 g/mol. The van der Waals surface area contributed by atoms with Gasteiger partial charge in [-0.3, -0.25) is 10.1 Å². The summed E-state index contributed by atoms with van der Waals surface area (Å²) in [5.41, 5.74) is 1.51. The van der Waals surface area contributed by atoms with Gasteiger partial charge in [-0.25, -0.2) is 0 Å². The van der Waals surface area contributed by atoms with Crippen molar-refractivity contribution in [2.75, 3.05) is 6.54 Å². The first-order chi connectivity index (χ1) is 9.65. The van der Waals surface area contributed by atoms with Gasteiger partial charge in [0.1, 0.15) is 18.5 Å². The summed E-state index contributed by atoms with van der Waals surface area (Å²) >= 11 is 0. The standard InChI is InChI=1S/C15H15NO4/c17-15(10-16(18)19)13-7-4-8-14(9-13)20-11-12-5-2-1-3-6-12/h1-9,15,17H,10-11H2. The van der Waals surface area contributed by atoms with E-state index in [0.29, 0.717) is 17.9 Å². The van der Waals surface area contributed by atoms with Crippen molar-refractivity contribution in [2.24, 2.45) is 0 Å². The summed E-state index contributed by atoms with van der Waals surface area (Å²) in [6.45, 7) is -0.0994. The number of hydrogen-bond donors (Lipinski definition) is 1. The second-order valence-corrected chi connectivity index (χ2v) is 4.38. The van der Waals surface area contributed by atoms with Gasteiger partial charge < -0.3 is 9.84 Å². The van der Waals surface area contributed by atoms with Crippen molar-refractivity contribution in [1.29, 1.82) is 0 Å². The van der Waals surface area contributed by atoms with Gasteiger partial charge in [0.25, 0.3) is 0 Å². The van der Waals surface area contributed by atoms with Crippen molar-refractivity contribution in [3.8, 4) is 5.75 Å². The molecule has 0 heterocycles. The molecule has 0 aliphatic rings. The monoisotopic (exact) mass is 273 g/mol. The van der Waals surface area contributed by atoms with Gasteiger partial charge in [0, 0.05) is 4.92 Å². The lowest BCUT2D eigenvalue weighted by Gasteiger charge is -2.10. The first kappa shape index (κ1) is 14.0. The maximum Gasteiger partial charge on any atom is 0.233 e. The highest BCUT2D eigenvalue weighted by atomic mass is 16.6. The van der Waals surface area contributed by atoms with Gasteiger partial charge in [0.15, 0.2) is 0 Å². The van der Waals surface area contributed by atoms with Crippen LogP contribution in [-0.4, -0.2) is 16.6 Å². The molecule has 0 bridgehead atoms. The fourth-order valence-electron chi connectivity index (χ4n) is 1.80. The van der Waals surface area contributed by atoms with Gasteiger partial charge in [-0.1, -0.05) is 42.5 Å². The summed E-state index contributed by atoms with van der Waals surface area (Å²) < 4.78 is 5.61. The van der Waals surface area contributed by atoms with Gasteiger partial charge in [-0.15, -0.1) is 0 Å². The van der Waals surface area contributed by atoms with Gasteiger partial charge in [-0.05, 0) is 23.3 Å². The van der Waals surface area contributed by atoms with Crippen molar-refractivity contribution in [3.63, 3.8) is 0 Å². The van der Waals surface area contributed by atoms with Gasteiger partial charge in [-0.2, -0.15) is 0 Å². The van der Waals surface area contributed by atoms with E-state index in [1.165, 1.54) is 0 Å². The number of nitrogens with zero attached hydrogens (tertiary/aromatic N) is 1. The van der Waals surface area contributed by atoms with Crippen LogP contribution in [0, 0.1) is 10.1 Å². The van der Waals surface area contributed by atoms with Crippen molar-refractivity contribution in [1.82, 2.24) is 0 Å². The van der Waals surface area contributed by atoms with Gasteiger partial charge in [0.05, 0.1) is 0 Å². The Balaban J connectivity index is 2.01. The largest absolute Gasteiger partial charge is 0.489 e. The van der Waals surface area contributed by atoms with Crippen LogP contribution >= 0.6 is 0 Å². The summed E-state index contributed by atoms with van der Waals surface area (Å²) in [6.07, 6.45) is -1.12. The SMILES string of the molecule is O=[N+]([O-])CC(O)c1cccc(OCc2ccccc2)c1. The maximum absolute atomic E-state index is 10.4. The highest BCUT2D eigenvalue weighted by Crippen LogP contribution is 2.20. The Labute approximate surface area is 116 Å². The minimum atomic E-state index is -1.12. The average Bonchev–Trinajstić information content (AvgIpc) is 2.46. The Bertz CT molecular complexity index is 571. The van der Waals surface area contributed by atoms with Crippen LogP contribution in [0.5, 0.6) is 5.75 Å². The molecule has 5 heteroatoms. The van der Waals surface area contributed by atoms with Crippen LogP contribution in [0.2, 0.25) is 0 Å². The van der Waals surface area contributed by atoms with E-state index >= 15 is 0 Å². The Morgan fingerprint density at radius 3 is 2.60 bits per heavy atom. The third-order valence-corrected chi connectivity index (χ3v) is 2.81. The van der Waals surface area contributed by atoms with Crippen LogP contribution in [0.3, 0.4) is 0 Å². The highest BCUT2D eigenvalue weighted by molar-refractivity contribution is 5.30. The molecule has 0 aromatic heterocycles. The molecular formula is C15H15NO4. The third-order valence-electron chi connectivity index (χ3n) is 2.81. The molecule has 2 aromatic carbocycles. The highest BCUT2D eigenvalue weighted by Gasteiger charge is 2.14. The molecule has 1 unspecified atom stereocenters. The molecule has 20 heavy (non-hydrogen) atoms.